The van der Waals surface area contributed by atoms with Gasteiger partial charge >= 0.3 is 6.18 Å². The standard InChI is InChI=1S/C22H22F3N5O3S/c23-22(24,25)15-4-1-2-5-16(15)26-18(31)14-29-9-11-30(12-10-29)20(32)8-7-19-27-21(28-33-19)17-6-3-13-34-17/h1-6,13H,7-12,14H2,(H,26,31). The van der Waals surface area contributed by atoms with Crippen LogP contribution < -0.4 is 5.32 Å². The first-order valence-electron chi connectivity index (χ1n) is 10.6. The largest absolute Gasteiger partial charge is 0.418 e. The van der Waals surface area contributed by atoms with E-state index in [1.807, 2.05) is 17.5 Å². The number of hydrogen-bond donors (Lipinski definition) is 1. The number of hydrogen-bond acceptors (Lipinski definition) is 7. The van der Waals surface area contributed by atoms with E-state index in [-0.39, 0.29) is 24.6 Å². The van der Waals surface area contributed by atoms with Gasteiger partial charge in [-0.25, -0.2) is 0 Å². The Kier molecular flexibility index (Phi) is 7.27. The molecule has 1 aliphatic rings. The van der Waals surface area contributed by atoms with Crippen molar-refractivity contribution in [2.45, 2.75) is 19.0 Å². The molecule has 0 spiro atoms. The van der Waals surface area contributed by atoms with Gasteiger partial charge in [0.2, 0.25) is 23.5 Å². The summed E-state index contributed by atoms with van der Waals surface area (Å²) < 4.78 is 44.5. The number of piperazine rings is 1. The van der Waals surface area contributed by atoms with Crippen molar-refractivity contribution in [1.29, 1.82) is 0 Å². The molecule has 1 N–H and O–H groups in total. The van der Waals surface area contributed by atoms with Crippen LogP contribution in [0.3, 0.4) is 0 Å². The Hall–Kier alpha value is -3.25. The number of alkyl halides is 3. The quantitative estimate of drug-likeness (QED) is 0.542. The van der Waals surface area contributed by atoms with Crippen molar-refractivity contribution in [2.24, 2.45) is 0 Å². The third-order valence-corrected chi connectivity index (χ3v) is 6.23. The normalized spacial score (nSPS) is 14.9. The SMILES string of the molecule is O=C(CN1CCN(C(=O)CCc2nc(-c3cccs3)no2)CC1)Nc1ccccc1C(F)(F)F. The zero-order chi connectivity index (χ0) is 24.1. The number of carbonyl (C=O) groups excluding carboxylic acids is 2. The van der Waals surface area contributed by atoms with Crippen molar-refractivity contribution >= 4 is 28.8 Å². The predicted molar refractivity (Wildman–Crippen MR) is 119 cm³/mol. The van der Waals surface area contributed by atoms with Gasteiger partial charge in [0, 0.05) is 39.0 Å². The summed E-state index contributed by atoms with van der Waals surface area (Å²) in [5.74, 6) is 0.307. The zero-order valence-electron chi connectivity index (χ0n) is 18.0. The van der Waals surface area contributed by atoms with E-state index in [0.29, 0.717) is 44.3 Å². The highest BCUT2D eigenvalue weighted by molar-refractivity contribution is 7.13. The molecule has 1 saturated heterocycles. The maximum atomic E-state index is 13.1. The van der Waals surface area contributed by atoms with Gasteiger partial charge in [-0.05, 0) is 23.6 Å². The van der Waals surface area contributed by atoms with Gasteiger partial charge in [-0.3, -0.25) is 14.5 Å². The van der Waals surface area contributed by atoms with Crippen molar-refractivity contribution in [3.63, 3.8) is 0 Å². The fraction of sp³-hybridized carbons (Fsp3) is 0.364. The first-order valence-corrected chi connectivity index (χ1v) is 11.5. The van der Waals surface area contributed by atoms with Crippen molar-refractivity contribution in [3.05, 3.63) is 53.2 Å². The molecular weight excluding hydrogens is 471 g/mol. The summed E-state index contributed by atoms with van der Waals surface area (Å²) in [6.45, 7) is 1.69. The minimum atomic E-state index is -4.55. The fourth-order valence-corrected chi connectivity index (χ4v) is 4.27. The number of halogens is 3. The lowest BCUT2D eigenvalue weighted by Gasteiger charge is -2.34. The third kappa shape index (κ3) is 6.00. The number of nitrogens with zero attached hydrogens (tertiary/aromatic N) is 4. The molecule has 0 saturated carbocycles. The molecule has 4 rings (SSSR count). The number of carbonyl (C=O) groups is 2. The Morgan fingerprint density at radius 1 is 1.09 bits per heavy atom. The summed E-state index contributed by atoms with van der Waals surface area (Å²) in [5, 5.41) is 8.19. The maximum Gasteiger partial charge on any atom is 0.418 e. The van der Waals surface area contributed by atoms with E-state index in [9.17, 15) is 22.8 Å². The van der Waals surface area contributed by atoms with Crippen LogP contribution in [0, 0.1) is 0 Å². The molecule has 1 aliphatic heterocycles. The van der Waals surface area contributed by atoms with Crippen LogP contribution in [0.5, 0.6) is 0 Å². The average molecular weight is 494 g/mol. The van der Waals surface area contributed by atoms with Crippen molar-refractivity contribution < 1.29 is 27.3 Å². The van der Waals surface area contributed by atoms with Gasteiger partial charge in [-0.15, -0.1) is 11.3 Å². The highest BCUT2D eigenvalue weighted by Gasteiger charge is 2.33. The smallest absolute Gasteiger partial charge is 0.340 e. The van der Waals surface area contributed by atoms with Crippen LogP contribution in [0.4, 0.5) is 18.9 Å². The summed E-state index contributed by atoms with van der Waals surface area (Å²) in [6.07, 6.45) is -4.00. The van der Waals surface area contributed by atoms with E-state index in [4.69, 9.17) is 4.52 Å². The molecule has 0 unspecified atom stereocenters. The van der Waals surface area contributed by atoms with Gasteiger partial charge in [0.25, 0.3) is 0 Å². The second kappa shape index (κ2) is 10.3. The average Bonchev–Trinajstić information content (AvgIpc) is 3.49. The minimum Gasteiger partial charge on any atom is -0.340 e. The van der Waals surface area contributed by atoms with Crippen molar-refractivity contribution in [1.82, 2.24) is 19.9 Å². The molecule has 0 bridgehead atoms. The molecule has 2 amide bonds. The molecule has 3 heterocycles. The van der Waals surface area contributed by atoms with Gasteiger partial charge in [0.1, 0.15) is 0 Å². The molecular formula is C22H22F3N5O3S. The lowest BCUT2D eigenvalue weighted by atomic mass is 10.1. The lowest BCUT2D eigenvalue weighted by molar-refractivity contribution is -0.137. The summed E-state index contributed by atoms with van der Waals surface area (Å²) >= 11 is 1.50. The van der Waals surface area contributed by atoms with Gasteiger partial charge in [-0.2, -0.15) is 18.2 Å². The second-order valence-corrected chi connectivity index (χ2v) is 8.69. The monoisotopic (exact) mass is 493 g/mol. The van der Waals surface area contributed by atoms with Crippen molar-refractivity contribution in [3.8, 4) is 10.7 Å². The number of aromatic nitrogens is 2. The molecule has 180 valence electrons. The molecule has 0 radical (unpaired) electrons. The number of amides is 2. The lowest BCUT2D eigenvalue weighted by Crippen LogP contribution is -2.50. The molecule has 8 nitrogen and oxygen atoms in total. The molecule has 1 aromatic carbocycles. The van der Waals surface area contributed by atoms with Gasteiger partial charge in [0.05, 0.1) is 22.7 Å². The summed E-state index contributed by atoms with van der Waals surface area (Å²) in [6, 6.07) is 8.65. The fourth-order valence-electron chi connectivity index (χ4n) is 3.62. The summed E-state index contributed by atoms with van der Waals surface area (Å²) in [5.41, 5.74) is -1.15. The van der Waals surface area contributed by atoms with Crippen LogP contribution in [0.1, 0.15) is 17.9 Å². The van der Waals surface area contributed by atoms with Crippen LogP contribution in [0.25, 0.3) is 10.7 Å². The van der Waals surface area contributed by atoms with Crippen LogP contribution >= 0.6 is 11.3 Å². The Balaban J connectivity index is 1.21. The van der Waals surface area contributed by atoms with Crippen LogP contribution in [0.2, 0.25) is 0 Å². The van der Waals surface area contributed by atoms with Crippen LogP contribution in [0.15, 0.2) is 46.3 Å². The minimum absolute atomic E-state index is 0.0539. The molecule has 2 aromatic heterocycles. The van der Waals surface area contributed by atoms with E-state index in [1.54, 1.807) is 9.80 Å². The van der Waals surface area contributed by atoms with Gasteiger partial charge in [0.15, 0.2) is 0 Å². The summed E-state index contributed by atoms with van der Waals surface area (Å²) in [4.78, 5) is 33.5. The highest BCUT2D eigenvalue weighted by Crippen LogP contribution is 2.34. The van der Waals surface area contributed by atoms with Crippen molar-refractivity contribution in [2.75, 3.05) is 38.0 Å². The molecule has 1 fully saturated rings. The number of thiophene rings is 1. The molecule has 34 heavy (non-hydrogen) atoms. The predicted octanol–water partition coefficient (Wildman–Crippen LogP) is 3.53. The third-order valence-electron chi connectivity index (χ3n) is 5.36. The molecule has 12 heteroatoms. The number of anilines is 1. The Bertz CT molecular complexity index is 1130. The van der Waals surface area contributed by atoms with E-state index in [2.05, 4.69) is 15.5 Å². The molecule has 0 atom stereocenters. The van der Waals surface area contributed by atoms with Crippen LogP contribution in [-0.2, 0) is 22.2 Å². The van der Waals surface area contributed by atoms with Gasteiger partial charge < -0.3 is 14.7 Å². The maximum absolute atomic E-state index is 13.1. The van der Waals surface area contributed by atoms with E-state index >= 15 is 0 Å². The van der Waals surface area contributed by atoms with E-state index in [1.165, 1.54) is 29.5 Å². The molecule has 3 aromatic rings. The first-order chi connectivity index (χ1) is 16.3. The number of aryl methyl sites for hydroxylation is 1. The Morgan fingerprint density at radius 2 is 1.85 bits per heavy atom. The topological polar surface area (TPSA) is 91.6 Å². The zero-order valence-corrected chi connectivity index (χ0v) is 18.9. The number of nitrogens with one attached hydrogen (secondary N) is 1. The van der Waals surface area contributed by atoms with Crippen LogP contribution in [-0.4, -0.2) is 64.5 Å². The van der Waals surface area contributed by atoms with E-state index < -0.39 is 17.6 Å². The molecule has 0 aliphatic carbocycles. The second-order valence-electron chi connectivity index (χ2n) is 7.74. The highest BCUT2D eigenvalue weighted by atomic mass is 32.1. The Morgan fingerprint density at radius 3 is 2.56 bits per heavy atom. The van der Waals surface area contributed by atoms with E-state index in [0.717, 1.165) is 10.9 Å². The summed E-state index contributed by atoms with van der Waals surface area (Å²) in [7, 11) is 0. The first kappa shape index (κ1) is 23.9. The van der Waals surface area contributed by atoms with Gasteiger partial charge in [-0.1, -0.05) is 23.4 Å². The number of benzene rings is 1. The number of para-hydroxylation sites is 1. The Labute approximate surface area is 197 Å². The number of rotatable bonds is 7.